The molecule has 0 N–H and O–H groups in total. The third-order valence-corrected chi connectivity index (χ3v) is 3.58. The van der Waals surface area contributed by atoms with Crippen molar-refractivity contribution in [2.45, 2.75) is 6.92 Å². The van der Waals surface area contributed by atoms with Gasteiger partial charge in [-0.2, -0.15) is 0 Å². The van der Waals surface area contributed by atoms with E-state index in [9.17, 15) is 18.4 Å². The lowest BCUT2D eigenvalue weighted by molar-refractivity contribution is 0.0529. The van der Waals surface area contributed by atoms with Crippen LogP contribution >= 0.6 is 0 Å². The van der Waals surface area contributed by atoms with Crippen molar-refractivity contribution in [3.05, 3.63) is 77.1 Å². The Morgan fingerprint density at radius 3 is 2.58 bits per heavy atom. The minimum atomic E-state index is -0.955. The summed E-state index contributed by atoms with van der Waals surface area (Å²) in [6, 6.07) is 9.15. The van der Waals surface area contributed by atoms with Gasteiger partial charge in [0, 0.05) is 12.3 Å². The molecular weight excluding hydrogens is 316 g/mol. The molecule has 0 aliphatic rings. The fourth-order valence-corrected chi connectivity index (χ4v) is 2.51. The molecule has 0 fully saturated rings. The first-order valence-corrected chi connectivity index (χ1v) is 7.30. The number of esters is 1. The van der Waals surface area contributed by atoms with Gasteiger partial charge in [-0.25, -0.2) is 13.6 Å². The molecule has 0 bridgehead atoms. The van der Waals surface area contributed by atoms with Crippen LogP contribution in [0.15, 0.2) is 48.7 Å². The summed E-state index contributed by atoms with van der Waals surface area (Å²) >= 11 is 0. The van der Waals surface area contributed by atoms with E-state index < -0.39 is 23.4 Å². The van der Waals surface area contributed by atoms with Crippen LogP contribution in [0.4, 0.5) is 8.78 Å². The Labute approximate surface area is 136 Å². The topological polar surface area (TPSA) is 47.8 Å². The summed E-state index contributed by atoms with van der Waals surface area (Å²) in [5, 5.41) is 0. The monoisotopic (exact) mass is 329 g/mol. The van der Waals surface area contributed by atoms with Gasteiger partial charge in [0.25, 0.3) is 0 Å². The van der Waals surface area contributed by atoms with Crippen LogP contribution in [-0.2, 0) is 4.74 Å². The fraction of sp³-hybridized carbons (Fsp3) is 0.111. The SMILES string of the molecule is CCOC(=O)c1cc(C(=O)c2ccc(F)cc2F)n2ccccc12. The van der Waals surface area contributed by atoms with Crippen LogP contribution in [0.5, 0.6) is 0 Å². The first-order chi connectivity index (χ1) is 11.5. The molecule has 2 heterocycles. The molecule has 0 aliphatic heterocycles. The highest BCUT2D eigenvalue weighted by Gasteiger charge is 2.23. The predicted molar refractivity (Wildman–Crippen MR) is 83.1 cm³/mol. The number of hydrogen-bond acceptors (Lipinski definition) is 3. The van der Waals surface area contributed by atoms with Crippen LogP contribution in [0.3, 0.4) is 0 Å². The van der Waals surface area contributed by atoms with E-state index >= 15 is 0 Å². The Hall–Kier alpha value is -3.02. The van der Waals surface area contributed by atoms with Crippen molar-refractivity contribution in [3.8, 4) is 0 Å². The molecule has 6 heteroatoms. The molecule has 1 aromatic carbocycles. The number of halogens is 2. The van der Waals surface area contributed by atoms with E-state index in [1.807, 2.05) is 0 Å². The second kappa shape index (κ2) is 6.23. The van der Waals surface area contributed by atoms with E-state index in [-0.39, 0.29) is 23.4 Å². The maximum atomic E-state index is 13.9. The van der Waals surface area contributed by atoms with Crippen LogP contribution < -0.4 is 0 Å². The summed E-state index contributed by atoms with van der Waals surface area (Å²) in [6.45, 7) is 1.87. The largest absolute Gasteiger partial charge is 0.462 e. The standard InChI is InChI=1S/C18H13F2NO3/c1-2-24-18(23)13-10-16(21-8-4-3-5-15(13)21)17(22)12-7-6-11(19)9-14(12)20/h3-10H,2H2,1H3. The molecule has 0 aliphatic carbocycles. The van der Waals surface area contributed by atoms with Gasteiger partial charge in [0.2, 0.25) is 5.78 Å². The summed E-state index contributed by atoms with van der Waals surface area (Å²) in [7, 11) is 0. The average Bonchev–Trinajstić information content (AvgIpc) is 2.94. The summed E-state index contributed by atoms with van der Waals surface area (Å²) in [5.74, 6) is -2.94. The van der Waals surface area contributed by atoms with E-state index in [1.165, 1.54) is 10.5 Å². The van der Waals surface area contributed by atoms with E-state index in [0.29, 0.717) is 11.6 Å². The first kappa shape index (κ1) is 15.9. The second-order valence-electron chi connectivity index (χ2n) is 5.07. The molecule has 2 aromatic heterocycles. The normalized spacial score (nSPS) is 10.8. The average molecular weight is 329 g/mol. The number of rotatable bonds is 4. The number of pyridine rings is 1. The number of carbonyl (C=O) groups excluding carboxylic acids is 2. The molecule has 0 radical (unpaired) electrons. The highest BCUT2D eigenvalue weighted by atomic mass is 19.1. The van der Waals surface area contributed by atoms with Gasteiger partial charge in [-0.15, -0.1) is 0 Å². The molecule has 122 valence electrons. The van der Waals surface area contributed by atoms with Gasteiger partial charge in [0.15, 0.2) is 0 Å². The number of fused-ring (bicyclic) bond motifs is 1. The molecule has 0 spiro atoms. The Bertz CT molecular complexity index is 947. The van der Waals surface area contributed by atoms with Crippen molar-refractivity contribution in [3.63, 3.8) is 0 Å². The quantitative estimate of drug-likeness (QED) is 0.542. The van der Waals surface area contributed by atoms with Gasteiger partial charge in [0.1, 0.15) is 11.6 Å². The lowest BCUT2D eigenvalue weighted by atomic mass is 10.1. The molecule has 0 amide bonds. The first-order valence-electron chi connectivity index (χ1n) is 7.30. The zero-order valence-corrected chi connectivity index (χ0v) is 12.8. The third-order valence-electron chi connectivity index (χ3n) is 3.58. The fourth-order valence-electron chi connectivity index (χ4n) is 2.51. The van der Waals surface area contributed by atoms with Gasteiger partial charge < -0.3 is 9.14 Å². The Kier molecular flexibility index (Phi) is 4.12. The zero-order chi connectivity index (χ0) is 17.3. The predicted octanol–water partition coefficient (Wildman–Crippen LogP) is 3.63. The van der Waals surface area contributed by atoms with E-state index in [2.05, 4.69) is 0 Å². The van der Waals surface area contributed by atoms with Gasteiger partial charge in [0.05, 0.1) is 28.9 Å². The van der Waals surface area contributed by atoms with Crippen molar-refractivity contribution in [2.24, 2.45) is 0 Å². The van der Waals surface area contributed by atoms with Crippen LogP contribution in [0.25, 0.3) is 5.52 Å². The maximum absolute atomic E-state index is 13.9. The van der Waals surface area contributed by atoms with Gasteiger partial charge >= 0.3 is 5.97 Å². The van der Waals surface area contributed by atoms with Crippen molar-refractivity contribution >= 4 is 17.3 Å². The van der Waals surface area contributed by atoms with Gasteiger partial charge in [-0.3, -0.25) is 4.79 Å². The molecule has 3 rings (SSSR count). The second-order valence-corrected chi connectivity index (χ2v) is 5.07. The van der Waals surface area contributed by atoms with Crippen molar-refractivity contribution in [1.29, 1.82) is 0 Å². The number of aromatic nitrogens is 1. The maximum Gasteiger partial charge on any atom is 0.340 e. The Morgan fingerprint density at radius 2 is 1.88 bits per heavy atom. The summed E-state index contributed by atoms with van der Waals surface area (Å²) in [5.41, 5.74) is 0.513. The van der Waals surface area contributed by atoms with Crippen LogP contribution in [0, 0.1) is 11.6 Å². The van der Waals surface area contributed by atoms with Gasteiger partial charge in [-0.1, -0.05) is 6.07 Å². The molecule has 0 saturated carbocycles. The van der Waals surface area contributed by atoms with Crippen LogP contribution in [-0.4, -0.2) is 22.8 Å². The smallest absolute Gasteiger partial charge is 0.340 e. The Morgan fingerprint density at radius 1 is 1.08 bits per heavy atom. The van der Waals surface area contributed by atoms with Gasteiger partial charge in [-0.05, 0) is 37.3 Å². The zero-order valence-electron chi connectivity index (χ0n) is 12.8. The number of benzene rings is 1. The number of ketones is 1. The summed E-state index contributed by atoms with van der Waals surface area (Å²) in [4.78, 5) is 24.7. The lowest BCUT2D eigenvalue weighted by Crippen LogP contribution is -2.07. The number of carbonyl (C=O) groups is 2. The molecule has 0 atom stereocenters. The molecular formula is C18H13F2NO3. The van der Waals surface area contributed by atoms with Crippen molar-refractivity contribution < 1.29 is 23.1 Å². The third kappa shape index (κ3) is 2.67. The van der Waals surface area contributed by atoms with E-state index in [1.54, 1.807) is 31.3 Å². The minimum absolute atomic E-state index is 0.0964. The van der Waals surface area contributed by atoms with Crippen LogP contribution in [0.1, 0.15) is 33.3 Å². The molecule has 0 saturated heterocycles. The van der Waals surface area contributed by atoms with Crippen LogP contribution in [0.2, 0.25) is 0 Å². The van der Waals surface area contributed by atoms with Crippen molar-refractivity contribution in [1.82, 2.24) is 4.40 Å². The summed E-state index contributed by atoms with van der Waals surface area (Å²) < 4.78 is 33.4. The minimum Gasteiger partial charge on any atom is -0.462 e. The number of hydrogen-bond donors (Lipinski definition) is 0. The highest BCUT2D eigenvalue weighted by molar-refractivity contribution is 6.11. The Balaban J connectivity index is 2.16. The highest BCUT2D eigenvalue weighted by Crippen LogP contribution is 2.22. The molecule has 24 heavy (non-hydrogen) atoms. The van der Waals surface area contributed by atoms with Crippen molar-refractivity contribution in [2.75, 3.05) is 6.61 Å². The molecule has 3 aromatic rings. The van der Waals surface area contributed by atoms with E-state index in [0.717, 1.165) is 12.1 Å². The number of ether oxygens (including phenoxy) is 1. The lowest BCUT2D eigenvalue weighted by Gasteiger charge is -2.04. The molecule has 4 nitrogen and oxygen atoms in total. The summed E-state index contributed by atoms with van der Waals surface area (Å²) in [6.07, 6.45) is 1.59. The number of nitrogens with zero attached hydrogens (tertiary/aromatic N) is 1. The van der Waals surface area contributed by atoms with E-state index in [4.69, 9.17) is 4.74 Å². The molecule has 0 unspecified atom stereocenters.